The Balaban J connectivity index is 1.68. The number of aliphatic hydroxyl groups excluding tert-OH is 1. The SMILES string of the molecule is COc1ccc(C[C@H](N)[C@H](O)C(=O)N2CSC(C)(C)[C@H]2C(=O)NCc2cc(F)ccc2C)cc1. The summed E-state index contributed by atoms with van der Waals surface area (Å²) >= 11 is 1.46. The van der Waals surface area contributed by atoms with Gasteiger partial charge in [-0.3, -0.25) is 9.59 Å². The number of nitrogens with zero attached hydrogens (tertiary/aromatic N) is 1. The van der Waals surface area contributed by atoms with Crippen molar-refractivity contribution in [3.63, 3.8) is 0 Å². The Labute approximate surface area is 203 Å². The quantitative estimate of drug-likeness (QED) is 0.526. The van der Waals surface area contributed by atoms with E-state index in [4.69, 9.17) is 10.5 Å². The van der Waals surface area contributed by atoms with Crippen LogP contribution in [0.5, 0.6) is 5.75 Å². The summed E-state index contributed by atoms with van der Waals surface area (Å²) in [6, 6.07) is 10.00. The lowest BCUT2D eigenvalue weighted by atomic mass is 9.97. The van der Waals surface area contributed by atoms with Crippen LogP contribution in [-0.4, -0.2) is 57.7 Å². The van der Waals surface area contributed by atoms with E-state index in [-0.39, 0.29) is 30.6 Å². The first kappa shape index (κ1) is 26.0. The highest BCUT2D eigenvalue weighted by Gasteiger charge is 2.49. The lowest BCUT2D eigenvalue weighted by molar-refractivity contribution is -0.147. The molecule has 0 aliphatic carbocycles. The van der Waals surface area contributed by atoms with Gasteiger partial charge in [-0.1, -0.05) is 18.2 Å². The summed E-state index contributed by atoms with van der Waals surface area (Å²) in [7, 11) is 1.57. The van der Waals surface area contributed by atoms with Gasteiger partial charge in [0.05, 0.1) is 13.0 Å². The topological polar surface area (TPSA) is 105 Å². The molecule has 4 N–H and O–H groups in total. The molecule has 2 amide bonds. The van der Waals surface area contributed by atoms with Crippen LogP contribution in [0.2, 0.25) is 0 Å². The van der Waals surface area contributed by atoms with E-state index in [2.05, 4.69) is 5.32 Å². The smallest absolute Gasteiger partial charge is 0.254 e. The first-order valence-corrected chi connectivity index (χ1v) is 12.1. The highest BCUT2D eigenvalue weighted by molar-refractivity contribution is 8.00. The molecule has 0 aromatic heterocycles. The van der Waals surface area contributed by atoms with E-state index >= 15 is 0 Å². The van der Waals surface area contributed by atoms with E-state index in [0.717, 1.165) is 11.1 Å². The first-order chi connectivity index (χ1) is 16.0. The van der Waals surface area contributed by atoms with Gasteiger partial charge in [-0.2, -0.15) is 0 Å². The van der Waals surface area contributed by atoms with Crippen molar-refractivity contribution in [2.75, 3.05) is 13.0 Å². The summed E-state index contributed by atoms with van der Waals surface area (Å²) in [5.74, 6) is -0.357. The average Bonchev–Trinajstić information content (AvgIpc) is 3.13. The van der Waals surface area contributed by atoms with Gasteiger partial charge in [-0.15, -0.1) is 11.8 Å². The number of ether oxygens (including phenoxy) is 1. The van der Waals surface area contributed by atoms with Crippen LogP contribution in [0, 0.1) is 12.7 Å². The van der Waals surface area contributed by atoms with Crippen LogP contribution in [0.4, 0.5) is 4.39 Å². The molecule has 7 nitrogen and oxygen atoms in total. The Hall–Kier alpha value is -2.62. The standard InChI is InChI=1S/C25H32FN3O4S/c1-15-5-8-18(26)12-17(15)13-28-23(31)22-25(2,3)34-14-29(22)24(32)21(30)20(27)11-16-6-9-19(33-4)10-7-16/h5-10,12,20-22,30H,11,13-14,27H2,1-4H3,(H,28,31)/t20-,21-,22+/m0/s1. The van der Waals surface area contributed by atoms with Crippen molar-refractivity contribution in [1.82, 2.24) is 10.2 Å². The molecule has 1 aliphatic heterocycles. The number of hydrogen-bond donors (Lipinski definition) is 3. The largest absolute Gasteiger partial charge is 0.497 e. The second-order valence-electron chi connectivity index (χ2n) is 9.04. The second kappa shape index (κ2) is 10.8. The molecule has 3 atom stereocenters. The molecule has 0 saturated carbocycles. The number of carbonyl (C=O) groups excluding carboxylic acids is 2. The van der Waals surface area contributed by atoms with E-state index in [9.17, 15) is 19.1 Å². The third-order valence-electron chi connectivity index (χ3n) is 6.13. The van der Waals surface area contributed by atoms with E-state index < -0.39 is 28.8 Å². The number of benzene rings is 2. The normalized spacial score (nSPS) is 18.9. The van der Waals surface area contributed by atoms with Crippen LogP contribution in [0.1, 0.15) is 30.5 Å². The van der Waals surface area contributed by atoms with E-state index in [1.54, 1.807) is 25.3 Å². The molecule has 1 saturated heterocycles. The minimum absolute atomic E-state index is 0.140. The van der Waals surface area contributed by atoms with Crippen LogP contribution in [0.15, 0.2) is 42.5 Å². The number of amides is 2. The highest BCUT2D eigenvalue weighted by Crippen LogP contribution is 2.39. The molecule has 0 spiro atoms. The maximum absolute atomic E-state index is 13.6. The van der Waals surface area contributed by atoms with E-state index in [1.165, 1.54) is 28.8 Å². The van der Waals surface area contributed by atoms with Crippen molar-refractivity contribution < 1.29 is 23.8 Å². The minimum atomic E-state index is -1.46. The lowest BCUT2D eigenvalue weighted by Gasteiger charge is -2.32. The molecule has 2 aromatic rings. The van der Waals surface area contributed by atoms with Gasteiger partial charge in [0.2, 0.25) is 5.91 Å². The fourth-order valence-electron chi connectivity index (χ4n) is 4.02. The third kappa shape index (κ3) is 5.89. The number of carbonyl (C=O) groups is 2. The zero-order valence-corrected chi connectivity index (χ0v) is 20.7. The van der Waals surface area contributed by atoms with E-state index in [0.29, 0.717) is 11.3 Å². The number of hydrogen-bond acceptors (Lipinski definition) is 6. The number of rotatable bonds is 8. The Morgan fingerprint density at radius 3 is 2.62 bits per heavy atom. The summed E-state index contributed by atoms with van der Waals surface area (Å²) in [5.41, 5.74) is 8.55. The van der Waals surface area contributed by atoms with Gasteiger partial charge in [0, 0.05) is 17.3 Å². The van der Waals surface area contributed by atoms with E-state index in [1.807, 2.05) is 32.9 Å². The fourth-order valence-corrected chi connectivity index (χ4v) is 5.16. The summed E-state index contributed by atoms with van der Waals surface area (Å²) in [4.78, 5) is 27.7. The Morgan fingerprint density at radius 1 is 1.29 bits per heavy atom. The summed E-state index contributed by atoms with van der Waals surface area (Å²) in [6.07, 6.45) is -1.17. The van der Waals surface area contributed by atoms with Gasteiger partial charge >= 0.3 is 0 Å². The number of aryl methyl sites for hydroxylation is 1. The van der Waals surface area contributed by atoms with Crippen molar-refractivity contribution in [3.05, 3.63) is 65.0 Å². The molecule has 1 heterocycles. The van der Waals surface area contributed by atoms with Gasteiger partial charge in [0.15, 0.2) is 0 Å². The second-order valence-corrected chi connectivity index (χ2v) is 10.6. The predicted octanol–water partition coefficient (Wildman–Crippen LogP) is 2.37. The van der Waals surface area contributed by atoms with Crippen molar-refractivity contribution in [2.45, 2.75) is 56.7 Å². The van der Waals surface area contributed by atoms with Crippen molar-refractivity contribution in [2.24, 2.45) is 5.73 Å². The van der Waals surface area contributed by atoms with Gasteiger partial charge in [-0.25, -0.2) is 4.39 Å². The average molecular weight is 490 g/mol. The van der Waals surface area contributed by atoms with Gasteiger partial charge in [-0.05, 0) is 68.1 Å². The monoisotopic (exact) mass is 489 g/mol. The van der Waals surface area contributed by atoms with Gasteiger partial charge < -0.3 is 25.8 Å². The van der Waals surface area contributed by atoms with Crippen molar-refractivity contribution >= 4 is 23.6 Å². The fraction of sp³-hybridized carbons (Fsp3) is 0.440. The molecule has 0 radical (unpaired) electrons. The van der Waals surface area contributed by atoms with Crippen LogP contribution >= 0.6 is 11.8 Å². The highest BCUT2D eigenvalue weighted by atomic mass is 32.2. The Bertz CT molecular complexity index is 1030. The molecule has 184 valence electrons. The van der Waals surface area contributed by atoms with Crippen LogP contribution < -0.4 is 15.8 Å². The zero-order valence-electron chi connectivity index (χ0n) is 19.9. The first-order valence-electron chi connectivity index (χ1n) is 11.1. The molecule has 0 unspecified atom stereocenters. The molecule has 3 rings (SSSR count). The predicted molar refractivity (Wildman–Crippen MR) is 131 cm³/mol. The number of thioether (sulfide) groups is 1. The zero-order chi connectivity index (χ0) is 25.0. The Morgan fingerprint density at radius 2 is 1.97 bits per heavy atom. The summed E-state index contributed by atoms with van der Waals surface area (Å²) < 4.78 is 18.2. The van der Waals surface area contributed by atoms with Gasteiger partial charge in [0.1, 0.15) is 23.7 Å². The molecule has 0 bridgehead atoms. The van der Waals surface area contributed by atoms with Gasteiger partial charge in [0.25, 0.3) is 5.91 Å². The van der Waals surface area contributed by atoms with Crippen molar-refractivity contribution in [1.29, 1.82) is 0 Å². The van der Waals surface area contributed by atoms with Crippen LogP contribution in [-0.2, 0) is 22.6 Å². The maximum atomic E-state index is 13.6. The molecular weight excluding hydrogens is 457 g/mol. The third-order valence-corrected chi connectivity index (χ3v) is 7.51. The van der Waals surface area contributed by atoms with Crippen LogP contribution in [0.3, 0.4) is 0 Å². The maximum Gasteiger partial charge on any atom is 0.254 e. The molecule has 9 heteroatoms. The molecular formula is C25H32FN3O4S. The number of nitrogens with two attached hydrogens (primary N) is 1. The summed E-state index contributed by atoms with van der Waals surface area (Å²) in [6.45, 7) is 5.74. The number of methoxy groups -OCH3 is 1. The molecule has 1 fully saturated rings. The van der Waals surface area contributed by atoms with Crippen LogP contribution in [0.25, 0.3) is 0 Å². The number of halogens is 1. The number of aliphatic hydroxyl groups is 1. The Kier molecular flexibility index (Phi) is 8.22. The van der Waals surface area contributed by atoms with Crippen molar-refractivity contribution in [3.8, 4) is 5.75 Å². The molecule has 34 heavy (non-hydrogen) atoms. The lowest BCUT2D eigenvalue weighted by Crippen LogP contribution is -2.57. The minimum Gasteiger partial charge on any atom is -0.497 e. The molecule has 1 aliphatic rings. The number of nitrogens with one attached hydrogen (secondary N) is 1. The summed E-state index contributed by atoms with van der Waals surface area (Å²) in [5, 5.41) is 13.6. The molecule has 2 aromatic carbocycles.